The zero-order valence-electron chi connectivity index (χ0n) is 15.7. The number of amides is 1. The second kappa shape index (κ2) is 7.74. The third-order valence-corrected chi connectivity index (χ3v) is 4.96. The Labute approximate surface area is 164 Å². The molecule has 1 atom stereocenters. The average molecular weight is 413 g/mol. The average Bonchev–Trinajstić information content (AvgIpc) is 2.81. The maximum atomic E-state index is 13.9. The molecular weight excluding hydrogens is 393 g/mol. The van der Waals surface area contributed by atoms with Crippen LogP contribution in [0.25, 0.3) is 0 Å². The SMILES string of the molecule is Cc1cc(F)cc(CC(=O)N2CCCCc3cc(C(O)(F)C(F)(F)F)ccc32)c1. The number of nitrogens with zero attached hydrogens (tertiary/aromatic N) is 1. The number of aliphatic hydroxyl groups is 1. The minimum atomic E-state index is -5.48. The predicted octanol–water partition coefficient (Wildman–Crippen LogP) is 4.72. The van der Waals surface area contributed by atoms with Gasteiger partial charge < -0.3 is 10.0 Å². The van der Waals surface area contributed by atoms with E-state index in [0.717, 1.165) is 12.1 Å². The highest BCUT2D eigenvalue weighted by atomic mass is 19.4. The van der Waals surface area contributed by atoms with Gasteiger partial charge in [0.1, 0.15) is 5.82 Å². The van der Waals surface area contributed by atoms with E-state index in [0.29, 0.717) is 48.2 Å². The number of anilines is 1. The van der Waals surface area contributed by atoms with E-state index in [4.69, 9.17) is 0 Å². The highest BCUT2D eigenvalue weighted by Crippen LogP contribution is 2.42. The standard InChI is InChI=1S/C21H20F5NO2/c1-13-8-14(10-17(22)9-13)11-19(28)27-7-3-2-4-15-12-16(5-6-18(15)27)20(23,29)21(24,25)26/h5-6,8-10,12,29H,2-4,7,11H2,1H3. The molecule has 1 amide bonds. The van der Waals surface area contributed by atoms with E-state index in [1.54, 1.807) is 13.0 Å². The summed E-state index contributed by atoms with van der Waals surface area (Å²) in [4.78, 5) is 14.3. The molecule has 1 aliphatic rings. The Morgan fingerprint density at radius 3 is 2.48 bits per heavy atom. The summed E-state index contributed by atoms with van der Waals surface area (Å²) >= 11 is 0. The molecule has 3 nitrogen and oxygen atoms in total. The van der Waals surface area contributed by atoms with Gasteiger partial charge in [0.25, 0.3) is 0 Å². The van der Waals surface area contributed by atoms with Crippen molar-refractivity contribution in [1.29, 1.82) is 0 Å². The molecule has 0 saturated carbocycles. The maximum absolute atomic E-state index is 13.9. The van der Waals surface area contributed by atoms with E-state index in [1.807, 2.05) is 0 Å². The van der Waals surface area contributed by atoms with Crippen molar-refractivity contribution in [2.24, 2.45) is 0 Å². The minimum Gasteiger partial charge on any atom is -0.351 e. The Morgan fingerprint density at radius 1 is 1.10 bits per heavy atom. The number of rotatable bonds is 3. The Hall–Kier alpha value is -2.48. The largest absolute Gasteiger partial charge is 0.453 e. The molecule has 8 heteroatoms. The Morgan fingerprint density at radius 2 is 1.83 bits per heavy atom. The summed E-state index contributed by atoms with van der Waals surface area (Å²) in [5.41, 5.74) is 0.971. The predicted molar refractivity (Wildman–Crippen MR) is 97.6 cm³/mol. The van der Waals surface area contributed by atoms with E-state index in [2.05, 4.69) is 0 Å². The van der Waals surface area contributed by atoms with Crippen molar-refractivity contribution in [2.45, 2.75) is 44.6 Å². The number of carbonyl (C=O) groups is 1. The lowest BCUT2D eigenvalue weighted by Gasteiger charge is -2.26. The first kappa shape index (κ1) is 21.2. The molecule has 0 aromatic heterocycles. The third kappa shape index (κ3) is 4.42. The lowest BCUT2D eigenvalue weighted by atomic mass is 9.99. The smallest absolute Gasteiger partial charge is 0.351 e. The molecule has 29 heavy (non-hydrogen) atoms. The molecular formula is C21H20F5NO2. The Bertz CT molecular complexity index is 904. The fraction of sp³-hybridized carbons (Fsp3) is 0.381. The van der Waals surface area contributed by atoms with Gasteiger partial charge in [-0.3, -0.25) is 4.79 Å². The highest BCUT2D eigenvalue weighted by Gasteiger charge is 2.56. The van der Waals surface area contributed by atoms with E-state index in [1.165, 1.54) is 23.1 Å². The van der Waals surface area contributed by atoms with Crippen molar-refractivity contribution in [1.82, 2.24) is 0 Å². The molecule has 2 aromatic rings. The van der Waals surface area contributed by atoms with E-state index in [9.17, 15) is 31.9 Å². The molecule has 156 valence electrons. The first-order chi connectivity index (χ1) is 13.5. The first-order valence-corrected chi connectivity index (χ1v) is 9.17. The van der Waals surface area contributed by atoms with Crippen LogP contribution >= 0.6 is 0 Å². The van der Waals surface area contributed by atoms with Crippen molar-refractivity contribution in [3.8, 4) is 0 Å². The molecule has 2 aromatic carbocycles. The number of halogens is 5. The summed E-state index contributed by atoms with van der Waals surface area (Å²) in [6.07, 6.45) is -4.00. The molecule has 0 aliphatic carbocycles. The second-order valence-electron chi connectivity index (χ2n) is 7.28. The molecule has 1 N–H and O–H groups in total. The summed E-state index contributed by atoms with van der Waals surface area (Å²) in [6.45, 7) is 2.05. The van der Waals surface area contributed by atoms with Crippen molar-refractivity contribution in [2.75, 3.05) is 11.4 Å². The van der Waals surface area contributed by atoms with Crippen LogP contribution < -0.4 is 4.90 Å². The number of aryl methyl sites for hydroxylation is 2. The lowest BCUT2D eigenvalue weighted by molar-refractivity contribution is -0.323. The molecule has 3 rings (SSSR count). The van der Waals surface area contributed by atoms with Gasteiger partial charge in [0.15, 0.2) is 0 Å². The summed E-state index contributed by atoms with van der Waals surface area (Å²) in [5, 5.41) is 9.31. The van der Waals surface area contributed by atoms with Crippen molar-refractivity contribution < 1.29 is 31.9 Å². The zero-order chi connectivity index (χ0) is 21.4. The highest BCUT2D eigenvalue weighted by molar-refractivity contribution is 5.95. The van der Waals surface area contributed by atoms with Gasteiger partial charge in [0.05, 0.1) is 6.42 Å². The molecule has 1 unspecified atom stereocenters. The lowest BCUT2D eigenvalue weighted by Crippen LogP contribution is -2.38. The van der Waals surface area contributed by atoms with E-state index in [-0.39, 0.29) is 12.3 Å². The molecule has 1 aliphatic heterocycles. The number of hydrogen-bond donors (Lipinski definition) is 1. The zero-order valence-corrected chi connectivity index (χ0v) is 15.7. The number of benzene rings is 2. The van der Waals surface area contributed by atoms with Crippen molar-refractivity contribution in [3.63, 3.8) is 0 Å². The summed E-state index contributed by atoms with van der Waals surface area (Å²) in [6, 6.07) is 7.32. The molecule has 0 spiro atoms. The topological polar surface area (TPSA) is 40.5 Å². The maximum Gasteiger partial charge on any atom is 0.453 e. The molecule has 0 saturated heterocycles. The number of fused-ring (bicyclic) bond motifs is 1. The van der Waals surface area contributed by atoms with Gasteiger partial charge in [0.2, 0.25) is 5.91 Å². The summed E-state index contributed by atoms with van der Waals surface area (Å²) < 4.78 is 66.0. The molecule has 0 radical (unpaired) electrons. The normalized spacial score (nSPS) is 16.7. The summed E-state index contributed by atoms with van der Waals surface area (Å²) in [5.74, 6) is -5.26. The van der Waals surface area contributed by atoms with Gasteiger partial charge in [-0.05, 0) is 67.1 Å². The van der Waals surface area contributed by atoms with Crippen LogP contribution in [0.4, 0.5) is 27.6 Å². The summed E-state index contributed by atoms with van der Waals surface area (Å²) in [7, 11) is 0. The Kier molecular flexibility index (Phi) is 5.67. The van der Waals surface area contributed by atoms with E-state index >= 15 is 0 Å². The quantitative estimate of drug-likeness (QED) is 0.740. The van der Waals surface area contributed by atoms with Gasteiger partial charge in [-0.2, -0.15) is 17.6 Å². The van der Waals surface area contributed by atoms with Crippen LogP contribution in [0.5, 0.6) is 0 Å². The van der Waals surface area contributed by atoms with Gasteiger partial charge >= 0.3 is 12.0 Å². The fourth-order valence-corrected chi connectivity index (χ4v) is 3.57. The Balaban J connectivity index is 1.92. The van der Waals surface area contributed by atoms with Gasteiger partial charge in [0, 0.05) is 17.8 Å². The second-order valence-corrected chi connectivity index (χ2v) is 7.28. The van der Waals surface area contributed by atoms with Gasteiger partial charge in [-0.1, -0.05) is 12.1 Å². The van der Waals surface area contributed by atoms with Gasteiger partial charge in [-0.15, -0.1) is 0 Å². The van der Waals surface area contributed by atoms with Crippen LogP contribution in [0.15, 0.2) is 36.4 Å². The minimum absolute atomic E-state index is 0.0740. The fourth-order valence-electron chi connectivity index (χ4n) is 3.57. The van der Waals surface area contributed by atoms with Crippen molar-refractivity contribution in [3.05, 3.63) is 64.5 Å². The van der Waals surface area contributed by atoms with Crippen LogP contribution in [0, 0.1) is 12.7 Å². The van der Waals surface area contributed by atoms with Crippen LogP contribution in [0.1, 0.15) is 35.1 Å². The van der Waals surface area contributed by atoms with Crippen LogP contribution in [-0.4, -0.2) is 23.7 Å². The van der Waals surface area contributed by atoms with Gasteiger partial charge in [-0.25, -0.2) is 4.39 Å². The number of hydrogen-bond acceptors (Lipinski definition) is 2. The van der Waals surface area contributed by atoms with Crippen LogP contribution in [0.3, 0.4) is 0 Å². The first-order valence-electron chi connectivity index (χ1n) is 9.17. The van der Waals surface area contributed by atoms with Crippen molar-refractivity contribution >= 4 is 11.6 Å². The number of carbonyl (C=O) groups excluding carboxylic acids is 1. The number of alkyl halides is 4. The van der Waals surface area contributed by atoms with Crippen LogP contribution in [-0.2, 0) is 23.5 Å². The third-order valence-electron chi connectivity index (χ3n) is 4.96. The van der Waals surface area contributed by atoms with Crippen LogP contribution in [0.2, 0.25) is 0 Å². The molecule has 0 bridgehead atoms. The molecule has 1 heterocycles. The monoisotopic (exact) mass is 413 g/mol. The van der Waals surface area contributed by atoms with E-state index < -0.39 is 23.4 Å². The molecule has 0 fully saturated rings.